The van der Waals surface area contributed by atoms with E-state index in [4.69, 9.17) is 9.84 Å². The van der Waals surface area contributed by atoms with Gasteiger partial charge in [0.2, 0.25) is 0 Å². The summed E-state index contributed by atoms with van der Waals surface area (Å²) >= 11 is 0. The first kappa shape index (κ1) is 11.6. The van der Waals surface area contributed by atoms with E-state index >= 15 is 0 Å². The van der Waals surface area contributed by atoms with Crippen LogP contribution in [0.2, 0.25) is 0 Å². The molecular weight excluding hydrogens is 196 g/mol. The van der Waals surface area contributed by atoms with Gasteiger partial charge in [-0.15, -0.1) is 0 Å². The van der Waals surface area contributed by atoms with Crippen molar-refractivity contribution in [2.75, 3.05) is 7.11 Å². The van der Waals surface area contributed by atoms with Gasteiger partial charge in [-0.05, 0) is 12.5 Å². The highest BCUT2D eigenvalue weighted by atomic mass is 16.5. The molecule has 15 heavy (non-hydrogen) atoms. The topological polar surface area (TPSA) is 72.3 Å². The lowest BCUT2D eigenvalue weighted by molar-refractivity contribution is 0.0682. The predicted octanol–water partition coefficient (Wildman–Crippen LogP) is 1.66. The molecule has 1 heterocycles. The monoisotopic (exact) mass is 210 g/mol. The van der Waals surface area contributed by atoms with Crippen molar-refractivity contribution in [3.63, 3.8) is 0 Å². The smallest absolute Gasteiger partial charge is 0.354 e. The van der Waals surface area contributed by atoms with Gasteiger partial charge in [0.25, 0.3) is 0 Å². The number of carbonyl (C=O) groups is 1. The summed E-state index contributed by atoms with van der Waals surface area (Å²) in [4.78, 5) is 18.6. The van der Waals surface area contributed by atoms with Gasteiger partial charge in [0.15, 0.2) is 11.5 Å². The number of aromatic carboxylic acids is 1. The van der Waals surface area contributed by atoms with Crippen LogP contribution in [0.5, 0.6) is 0 Å². The molecule has 0 aromatic carbocycles. The molecule has 0 bridgehead atoms. The molecule has 0 spiro atoms. The van der Waals surface area contributed by atoms with Crippen molar-refractivity contribution in [2.45, 2.75) is 25.9 Å². The van der Waals surface area contributed by atoms with Crippen LogP contribution in [0.15, 0.2) is 12.3 Å². The maximum absolute atomic E-state index is 10.7. The molecular formula is C10H14N2O3. The molecule has 1 rings (SSSR count). The van der Waals surface area contributed by atoms with Crippen molar-refractivity contribution >= 4 is 5.97 Å². The van der Waals surface area contributed by atoms with E-state index in [1.54, 1.807) is 7.11 Å². The highest BCUT2D eigenvalue weighted by Gasteiger charge is 2.14. The van der Waals surface area contributed by atoms with Crippen molar-refractivity contribution in [3.8, 4) is 0 Å². The van der Waals surface area contributed by atoms with Gasteiger partial charge in [-0.2, -0.15) is 0 Å². The number of carboxylic acid groups (broad SMARTS) is 1. The van der Waals surface area contributed by atoms with Crippen LogP contribution in [-0.2, 0) is 4.74 Å². The maximum Gasteiger partial charge on any atom is 0.354 e. The molecule has 1 aromatic rings. The van der Waals surface area contributed by atoms with Crippen LogP contribution in [0.1, 0.15) is 42.2 Å². The lowest BCUT2D eigenvalue weighted by Crippen LogP contribution is -2.10. The van der Waals surface area contributed by atoms with Gasteiger partial charge in [-0.1, -0.05) is 13.3 Å². The van der Waals surface area contributed by atoms with Crippen LogP contribution in [-0.4, -0.2) is 28.2 Å². The van der Waals surface area contributed by atoms with Gasteiger partial charge >= 0.3 is 5.97 Å². The zero-order valence-corrected chi connectivity index (χ0v) is 8.80. The Morgan fingerprint density at radius 3 is 2.93 bits per heavy atom. The number of aromatic nitrogens is 2. The average Bonchev–Trinajstić information content (AvgIpc) is 2.26. The minimum absolute atomic E-state index is 0.00171. The third kappa shape index (κ3) is 2.99. The predicted molar refractivity (Wildman–Crippen MR) is 53.6 cm³/mol. The Kier molecular flexibility index (Phi) is 4.17. The van der Waals surface area contributed by atoms with E-state index in [1.807, 2.05) is 6.92 Å². The second-order valence-electron chi connectivity index (χ2n) is 3.12. The lowest BCUT2D eigenvalue weighted by Gasteiger charge is -2.12. The molecule has 82 valence electrons. The van der Waals surface area contributed by atoms with Gasteiger partial charge < -0.3 is 9.84 Å². The first-order chi connectivity index (χ1) is 7.19. The second kappa shape index (κ2) is 5.41. The summed E-state index contributed by atoms with van der Waals surface area (Å²) < 4.78 is 5.19. The van der Waals surface area contributed by atoms with E-state index in [2.05, 4.69) is 9.97 Å². The fraction of sp³-hybridized carbons (Fsp3) is 0.500. The largest absolute Gasteiger partial charge is 0.477 e. The van der Waals surface area contributed by atoms with Crippen molar-refractivity contribution in [2.24, 2.45) is 0 Å². The number of hydrogen-bond donors (Lipinski definition) is 1. The summed E-state index contributed by atoms with van der Waals surface area (Å²) in [7, 11) is 1.57. The molecule has 5 nitrogen and oxygen atoms in total. The molecule has 0 radical (unpaired) electrons. The first-order valence-corrected chi connectivity index (χ1v) is 4.78. The summed E-state index contributed by atoms with van der Waals surface area (Å²) in [5, 5.41) is 8.76. The number of rotatable bonds is 5. The lowest BCUT2D eigenvalue weighted by atomic mass is 10.2. The fourth-order valence-corrected chi connectivity index (χ4v) is 1.26. The van der Waals surface area contributed by atoms with E-state index in [-0.39, 0.29) is 11.8 Å². The zero-order valence-electron chi connectivity index (χ0n) is 8.80. The van der Waals surface area contributed by atoms with Crippen LogP contribution in [0.3, 0.4) is 0 Å². The van der Waals surface area contributed by atoms with Gasteiger partial charge in [0, 0.05) is 13.3 Å². The van der Waals surface area contributed by atoms with E-state index < -0.39 is 5.97 Å². The summed E-state index contributed by atoms with van der Waals surface area (Å²) in [5.74, 6) is -0.621. The fourth-order valence-electron chi connectivity index (χ4n) is 1.26. The van der Waals surface area contributed by atoms with Crippen LogP contribution < -0.4 is 0 Å². The highest BCUT2D eigenvalue weighted by molar-refractivity contribution is 5.85. The average molecular weight is 210 g/mol. The molecule has 1 N–H and O–H groups in total. The third-order valence-corrected chi connectivity index (χ3v) is 2.02. The Hall–Kier alpha value is -1.49. The number of methoxy groups -OCH3 is 1. The Bertz CT molecular complexity index is 341. The van der Waals surface area contributed by atoms with Crippen molar-refractivity contribution in [3.05, 3.63) is 23.8 Å². The number of carboxylic acids is 1. The molecule has 0 amide bonds. The summed E-state index contributed by atoms with van der Waals surface area (Å²) in [6.45, 7) is 2.02. The van der Waals surface area contributed by atoms with E-state index in [0.717, 1.165) is 12.8 Å². The summed E-state index contributed by atoms with van der Waals surface area (Å²) in [6, 6.07) is 1.37. The van der Waals surface area contributed by atoms with E-state index in [9.17, 15) is 4.79 Å². The Morgan fingerprint density at radius 2 is 2.40 bits per heavy atom. The molecule has 0 fully saturated rings. The maximum atomic E-state index is 10.7. The van der Waals surface area contributed by atoms with Crippen LogP contribution in [0.4, 0.5) is 0 Å². The van der Waals surface area contributed by atoms with Crippen LogP contribution >= 0.6 is 0 Å². The number of hydrogen-bond acceptors (Lipinski definition) is 4. The molecule has 5 heteroatoms. The Morgan fingerprint density at radius 1 is 1.67 bits per heavy atom. The molecule has 0 saturated heterocycles. The number of nitrogens with zero attached hydrogens (tertiary/aromatic N) is 2. The normalized spacial score (nSPS) is 12.4. The summed E-state index contributed by atoms with van der Waals surface area (Å²) in [6.07, 6.45) is 2.92. The SMILES string of the molecule is CCCC(OC)c1nccc(C(=O)O)n1. The van der Waals surface area contributed by atoms with Gasteiger partial charge in [-0.3, -0.25) is 0 Å². The van der Waals surface area contributed by atoms with Crippen molar-refractivity contribution in [1.29, 1.82) is 0 Å². The van der Waals surface area contributed by atoms with Crippen LogP contribution in [0.25, 0.3) is 0 Å². The Labute approximate surface area is 88.1 Å². The highest BCUT2D eigenvalue weighted by Crippen LogP contribution is 2.17. The Balaban J connectivity index is 2.92. The van der Waals surface area contributed by atoms with Gasteiger partial charge in [-0.25, -0.2) is 14.8 Å². The molecule has 0 aliphatic rings. The molecule has 0 saturated carbocycles. The van der Waals surface area contributed by atoms with Gasteiger partial charge in [0.05, 0.1) is 0 Å². The van der Waals surface area contributed by atoms with Crippen LogP contribution in [0, 0.1) is 0 Å². The third-order valence-electron chi connectivity index (χ3n) is 2.02. The first-order valence-electron chi connectivity index (χ1n) is 4.78. The minimum atomic E-state index is -1.05. The molecule has 1 aromatic heterocycles. The van der Waals surface area contributed by atoms with E-state index in [0.29, 0.717) is 5.82 Å². The minimum Gasteiger partial charge on any atom is -0.477 e. The zero-order chi connectivity index (χ0) is 11.3. The van der Waals surface area contributed by atoms with Gasteiger partial charge in [0.1, 0.15) is 6.10 Å². The van der Waals surface area contributed by atoms with Crippen molar-refractivity contribution < 1.29 is 14.6 Å². The van der Waals surface area contributed by atoms with Crippen molar-refractivity contribution in [1.82, 2.24) is 9.97 Å². The molecule has 1 atom stereocenters. The molecule has 0 aliphatic heterocycles. The molecule has 1 unspecified atom stereocenters. The van der Waals surface area contributed by atoms with E-state index in [1.165, 1.54) is 12.3 Å². The summed E-state index contributed by atoms with van der Waals surface area (Å²) in [5.41, 5.74) is -0.00171. The number of ether oxygens (including phenoxy) is 1. The second-order valence-corrected chi connectivity index (χ2v) is 3.12. The standard InChI is InChI=1S/C10H14N2O3/c1-3-4-8(15-2)9-11-6-5-7(12-9)10(13)14/h5-6,8H,3-4H2,1-2H3,(H,13,14). The quantitative estimate of drug-likeness (QED) is 0.800. The molecule has 0 aliphatic carbocycles.